The van der Waals surface area contributed by atoms with E-state index >= 15 is 0 Å². The second kappa shape index (κ2) is 4.30. The number of fused-ring (bicyclic) bond motifs is 2. The second-order valence-electron chi connectivity index (χ2n) is 6.02. The van der Waals surface area contributed by atoms with Crippen LogP contribution in [0.15, 0.2) is 29.3 Å². The van der Waals surface area contributed by atoms with Gasteiger partial charge < -0.3 is 5.11 Å². The molecule has 3 unspecified atom stereocenters. The highest BCUT2D eigenvalue weighted by molar-refractivity contribution is 6.17. The molecule has 0 bridgehead atoms. The third kappa shape index (κ3) is 1.59. The number of carbonyl (C=O) groups excluding carboxylic acids is 2. The topological polar surface area (TPSA) is 54.4 Å². The van der Waals surface area contributed by atoms with E-state index in [4.69, 9.17) is 0 Å². The van der Waals surface area contributed by atoms with Crippen LogP contribution >= 0.6 is 0 Å². The number of allylic oxidation sites excluding steroid dienone is 2. The first-order valence-corrected chi connectivity index (χ1v) is 7.00. The van der Waals surface area contributed by atoms with E-state index in [2.05, 4.69) is 0 Å². The normalized spacial score (nSPS) is 29.2. The molecule has 0 amide bonds. The van der Waals surface area contributed by atoms with Crippen LogP contribution in [0.25, 0.3) is 0 Å². The Morgan fingerprint density at radius 2 is 1.85 bits per heavy atom. The maximum Gasteiger partial charge on any atom is 0.171 e. The number of Topliss-reactive ketones (excluding diaryl/α,β-unsaturated/α-hetero) is 2. The fourth-order valence-electron chi connectivity index (χ4n) is 3.66. The van der Waals surface area contributed by atoms with Crippen molar-refractivity contribution < 1.29 is 14.7 Å². The standard InChI is InChI=1S/C17H18O3/c1-8-7-12-14(10(3)9(8)2)17(20)15-11(16(12)19)5-4-6-13(15)18/h4-6,10,12,14,18H,7H2,1-3H3. The summed E-state index contributed by atoms with van der Waals surface area (Å²) in [5.41, 5.74) is 3.02. The van der Waals surface area contributed by atoms with Crippen LogP contribution in [-0.4, -0.2) is 16.7 Å². The lowest BCUT2D eigenvalue weighted by molar-refractivity contribution is 0.0671. The van der Waals surface area contributed by atoms with Gasteiger partial charge in [-0.25, -0.2) is 0 Å². The number of carbonyl (C=O) groups is 2. The molecule has 2 aliphatic rings. The molecule has 3 nitrogen and oxygen atoms in total. The Morgan fingerprint density at radius 3 is 2.55 bits per heavy atom. The quantitative estimate of drug-likeness (QED) is 0.735. The average Bonchev–Trinajstić information content (AvgIpc) is 2.41. The average molecular weight is 270 g/mol. The zero-order valence-electron chi connectivity index (χ0n) is 11.9. The lowest BCUT2D eigenvalue weighted by Crippen LogP contribution is -2.42. The molecule has 0 aliphatic heterocycles. The van der Waals surface area contributed by atoms with E-state index in [-0.39, 0.29) is 40.6 Å². The zero-order valence-corrected chi connectivity index (χ0v) is 11.9. The minimum atomic E-state index is -0.327. The van der Waals surface area contributed by atoms with Crippen molar-refractivity contribution in [1.82, 2.24) is 0 Å². The van der Waals surface area contributed by atoms with E-state index in [0.717, 1.165) is 0 Å². The van der Waals surface area contributed by atoms with Crippen LogP contribution in [-0.2, 0) is 0 Å². The summed E-state index contributed by atoms with van der Waals surface area (Å²) < 4.78 is 0. The molecule has 0 radical (unpaired) electrons. The van der Waals surface area contributed by atoms with E-state index in [1.54, 1.807) is 12.1 Å². The highest BCUT2D eigenvalue weighted by Crippen LogP contribution is 2.46. The molecule has 3 rings (SSSR count). The van der Waals surface area contributed by atoms with Crippen LogP contribution in [0, 0.1) is 17.8 Å². The molecule has 0 aromatic heterocycles. The van der Waals surface area contributed by atoms with Gasteiger partial charge in [0.15, 0.2) is 11.6 Å². The van der Waals surface area contributed by atoms with Gasteiger partial charge in [0.05, 0.1) is 5.56 Å². The Balaban J connectivity index is 2.20. The fourth-order valence-corrected chi connectivity index (χ4v) is 3.66. The van der Waals surface area contributed by atoms with Gasteiger partial charge in [0, 0.05) is 17.4 Å². The first-order valence-electron chi connectivity index (χ1n) is 7.00. The zero-order chi connectivity index (χ0) is 14.6. The minimum absolute atomic E-state index is 0.000741. The van der Waals surface area contributed by atoms with Gasteiger partial charge in [0.25, 0.3) is 0 Å². The van der Waals surface area contributed by atoms with Gasteiger partial charge in [-0.2, -0.15) is 0 Å². The molecule has 0 saturated heterocycles. The van der Waals surface area contributed by atoms with E-state index in [1.165, 1.54) is 17.2 Å². The van der Waals surface area contributed by atoms with Crippen molar-refractivity contribution >= 4 is 11.6 Å². The Labute approximate surface area is 118 Å². The number of rotatable bonds is 0. The van der Waals surface area contributed by atoms with Gasteiger partial charge in [-0.1, -0.05) is 30.2 Å². The number of phenolic OH excluding ortho intramolecular Hbond substituents is 1. The summed E-state index contributed by atoms with van der Waals surface area (Å²) in [6, 6.07) is 4.75. The second-order valence-corrected chi connectivity index (χ2v) is 6.02. The maximum atomic E-state index is 12.7. The molecule has 0 spiro atoms. The van der Waals surface area contributed by atoms with Crippen LogP contribution in [0.3, 0.4) is 0 Å². The van der Waals surface area contributed by atoms with Gasteiger partial charge in [0.1, 0.15) is 5.75 Å². The summed E-state index contributed by atoms with van der Waals surface area (Å²) in [6.45, 7) is 6.08. The molecule has 3 atom stereocenters. The molecule has 20 heavy (non-hydrogen) atoms. The van der Waals surface area contributed by atoms with Gasteiger partial charge in [0.2, 0.25) is 0 Å². The third-order valence-corrected chi connectivity index (χ3v) is 5.05. The van der Waals surface area contributed by atoms with Crippen molar-refractivity contribution in [3.05, 3.63) is 40.5 Å². The molecular weight excluding hydrogens is 252 g/mol. The van der Waals surface area contributed by atoms with E-state index < -0.39 is 0 Å². The predicted molar refractivity (Wildman–Crippen MR) is 75.9 cm³/mol. The first kappa shape index (κ1) is 13.1. The van der Waals surface area contributed by atoms with E-state index in [0.29, 0.717) is 12.0 Å². The van der Waals surface area contributed by atoms with Gasteiger partial charge in [-0.15, -0.1) is 0 Å². The van der Waals surface area contributed by atoms with Gasteiger partial charge >= 0.3 is 0 Å². The Morgan fingerprint density at radius 1 is 1.15 bits per heavy atom. The molecule has 0 saturated carbocycles. The van der Waals surface area contributed by atoms with Crippen LogP contribution in [0.1, 0.15) is 47.9 Å². The summed E-state index contributed by atoms with van der Waals surface area (Å²) in [4.78, 5) is 25.4. The molecule has 1 aromatic carbocycles. The number of hydrogen-bond donors (Lipinski definition) is 1. The van der Waals surface area contributed by atoms with E-state index in [1.807, 2.05) is 20.8 Å². The van der Waals surface area contributed by atoms with E-state index in [9.17, 15) is 14.7 Å². The SMILES string of the molecule is CC1=C(C)C(C)C2C(=O)c3c(O)cccc3C(=O)C2C1. The van der Waals surface area contributed by atoms with Gasteiger partial charge in [-0.05, 0) is 32.3 Å². The molecule has 1 aromatic rings. The lowest BCUT2D eigenvalue weighted by Gasteiger charge is -2.39. The number of aromatic hydroxyl groups is 1. The fraction of sp³-hybridized carbons (Fsp3) is 0.412. The van der Waals surface area contributed by atoms with Crippen LogP contribution < -0.4 is 0 Å². The summed E-state index contributed by atoms with van der Waals surface area (Å²) in [6.07, 6.45) is 0.653. The first-order chi connectivity index (χ1) is 9.43. The van der Waals surface area contributed by atoms with Crippen LogP contribution in [0.4, 0.5) is 0 Å². The number of benzene rings is 1. The number of hydrogen-bond acceptors (Lipinski definition) is 3. The largest absolute Gasteiger partial charge is 0.507 e. The van der Waals surface area contributed by atoms with Crippen LogP contribution in [0.2, 0.25) is 0 Å². The van der Waals surface area contributed by atoms with Crippen molar-refractivity contribution in [3.63, 3.8) is 0 Å². The predicted octanol–water partition coefficient (Wildman–Crippen LogP) is 3.38. The summed E-state index contributed by atoms with van der Waals surface area (Å²) in [5, 5.41) is 9.95. The molecule has 1 N–H and O–H groups in total. The lowest BCUT2D eigenvalue weighted by atomic mass is 9.62. The monoisotopic (exact) mass is 270 g/mol. The number of phenols is 1. The molecular formula is C17H18O3. The summed E-state index contributed by atoms with van der Waals surface area (Å²) in [5.74, 6) is -0.697. The summed E-state index contributed by atoms with van der Waals surface area (Å²) >= 11 is 0. The smallest absolute Gasteiger partial charge is 0.171 e. The Kier molecular flexibility index (Phi) is 2.82. The van der Waals surface area contributed by atoms with Crippen molar-refractivity contribution in [1.29, 1.82) is 0 Å². The highest BCUT2D eigenvalue weighted by Gasteiger charge is 2.47. The molecule has 104 valence electrons. The third-order valence-electron chi connectivity index (χ3n) is 5.05. The van der Waals surface area contributed by atoms with Gasteiger partial charge in [-0.3, -0.25) is 9.59 Å². The van der Waals surface area contributed by atoms with Crippen molar-refractivity contribution in [3.8, 4) is 5.75 Å². The highest BCUT2D eigenvalue weighted by atomic mass is 16.3. The molecule has 3 heteroatoms. The molecule has 0 fully saturated rings. The molecule has 0 heterocycles. The minimum Gasteiger partial charge on any atom is -0.507 e. The van der Waals surface area contributed by atoms with Crippen molar-refractivity contribution in [2.45, 2.75) is 27.2 Å². The van der Waals surface area contributed by atoms with Crippen molar-refractivity contribution in [2.24, 2.45) is 17.8 Å². The Bertz CT molecular complexity index is 654. The Hall–Kier alpha value is -1.90. The summed E-state index contributed by atoms with van der Waals surface area (Å²) in [7, 11) is 0. The van der Waals surface area contributed by atoms with Crippen molar-refractivity contribution in [2.75, 3.05) is 0 Å². The maximum absolute atomic E-state index is 12.7. The van der Waals surface area contributed by atoms with Crippen LogP contribution in [0.5, 0.6) is 5.75 Å². The number of ketones is 2. The molecule has 2 aliphatic carbocycles.